The van der Waals surface area contributed by atoms with Crippen LogP contribution in [0.25, 0.3) is 0 Å². The number of hydrogen-bond donors (Lipinski definition) is 0. The molecular formula is C30H39NO5S. The van der Waals surface area contributed by atoms with Gasteiger partial charge in [0.05, 0.1) is 13.2 Å². The number of amides is 1. The third kappa shape index (κ3) is 6.04. The van der Waals surface area contributed by atoms with E-state index in [4.69, 9.17) is 26.4 Å². The number of hydrogen-bond acceptors (Lipinski definition) is 6. The molecule has 1 heterocycles. The molecule has 1 aliphatic heterocycles. The van der Waals surface area contributed by atoms with Crippen molar-refractivity contribution < 1.29 is 23.8 Å². The van der Waals surface area contributed by atoms with E-state index in [0.717, 1.165) is 27.8 Å². The van der Waals surface area contributed by atoms with E-state index in [1.54, 1.807) is 6.92 Å². The molecule has 0 spiro atoms. The van der Waals surface area contributed by atoms with E-state index in [9.17, 15) is 9.59 Å². The van der Waals surface area contributed by atoms with Gasteiger partial charge in [-0.1, -0.05) is 77.1 Å². The maximum atomic E-state index is 13.4. The summed E-state index contributed by atoms with van der Waals surface area (Å²) in [5.74, 6) is -0.757. The minimum Gasteiger partial charge on any atom is -0.464 e. The van der Waals surface area contributed by atoms with Gasteiger partial charge in [0.15, 0.2) is 11.6 Å². The van der Waals surface area contributed by atoms with Gasteiger partial charge in [-0.15, -0.1) is 0 Å². The maximum absolute atomic E-state index is 13.4. The number of benzene rings is 2. The van der Waals surface area contributed by atoms with E-state index in [1.807, 2.05) is 44.2 Å². The van der Waals surface area contributed by atoms with Crippen molar-refractivity contribution in [3.8, 4) is 0 Å². The molecule has 2 unspecified atom stereocenters. The van der Waals surface area contributed by atoms with Crippen LogP contribution < -0.4 is 0 Å². The largest absolute Gasteiger partial charge is 0.464 e. The van der Waals surface area contributed by atoms with Crippen LogP contribution in [-0.4, -0.2) is 41.2 Å². The van der Waals surface area contributed by atoms with E-state index in [2.05, 4.69) is 46.8 Å². The van der Waals surface area contributed by atoms with Crippen molar-refractivity contribution in [3.63, 3.8) is 0 Å². The van der Waals surface area contributed by atoms with Crippen LogP contribution in [0.3, 0.4) is 0 Å². The van der Waals surface area contributed by atoms with Gasteiger partial charge in [0.2, 0.25) is 0 Å². The Bertz CT molecular complexity index is 1150. The lowest BCUT2D eigenvalue weighted by Crippen LogP contribution is -2.51. The zero-order chi connectivity index (χ0) is 27.5. The highest BCUT2D eigenvalue weighted by molar-refractivity contribution is 7.80. The molecule has 1 amide bonds. The minimum absolute atomic E-state index is 0.0551. The first-order chi connectivity index (χ1) is 17.3. The first kappa shape index (κ1) is 28.8. The maximum Gasteiger partial charge on any atom is 0.333 e. The summed E-state index contributed by atoms with van der Waals surface area (Å²) in [7, 11) is 0. The quantitative estimate of drug-likeness (QED) is 0.315. The lowest BCUT2D eigenvalue weighted by molar-refractivity contribution is -0.156. The van der Waals surface area contributed by atoms with Crippen molar-refractivity contribution in [2.24, 2.45) is 0 Å². The third-order valence-corrected chi connectivity index (χ3v) is 7.14. The molecule has 0 radical (unpaired) electrons. The molecular weight excluding hydrogens is 486 g/mol. The minimum atomic E-state index is -1.23. The Kier molecular flexibility index (Phi) is 8.81. The summed E-state index contributed by atoms with van der Waals surface area (Å²) < 4.78 is 17.4. The number of nitrogens with zero attached hydrogens (tertiary/aromatic N) is 1. The van der Waals surface area contributed by atoms with Gasteiger partial charge in [0, 0.05) is 5.56 Å². The SMILES string of the molecule is CCOC(=O)C1N(C(=O)COCc2ccccc2)C(=S)OC1(C)c1cc(C(C)(C)C)cc(C(C)C)c1C. The molecule has 0 saturated carbocycles. The molecule has 3 rings (SSSR count). The summed E-state index contributed by atoms with van der Waals surface area (Å²) in [6, 6.07) is 12.8. The van der Waals surface area contributed by atoms with Gasteiger partial charge in [-0.25, -0.2) is 4.79 Å². The average molecular weight is 526 g/mol. The third-order valence-electron chi connectivity index (χ3n) is 6.86. The first-order valence-corrected chi connectivity index (χ1v) is 13.2. The molecule has 0 bridgehead atoms. The average Bonchev–Trinajstić information content (AvgIpc) is 3.10. The van der Waals surface area contributed by atoms with Crippen LogP contribution in [0.2, 0.25) is 0 Å². The highest BCUT2D eigenvalue weighted by Crippen LogP contribution is 2.44. The van der Waals surface area contributed by atoms with E-state index < -0.39 is 23.5 Å². The van der Waals surface area contributed by atoms with E-state index in [0.29, 0.717) is 0 Å². The standard InChI is InChI=1S/C30H39NO5S/c1-9-35-27(33)26-30(8,24-16-22(29(5,6)7)15-23(19(2)3)20(24)4)36-28(37)31(26)25(32)18-34-17-21-13-11-10-12-14-21/h10-16,19,26H,9,17-18H2,1-8H3. The Hall–Kier alpha value is -2.77. The van der Waals surface area contributed by atoms with Gasteiger partial charge in [-0.2, -0.15) is 0 Å². The van der Waals surface area contributed by atoms with Crippen LogP contribution in [0.4, 0.5) is 0 Å². The molecule has 37 heavy (non-hydrogen) atoms. The van der Waals surface area contributed by atoms with Crippen molar-refractivity contribution in [3.05, 3.63) is 70.3 Å². The number of thiocarbonyl (C=S) groups is 1. The predicted molar refractivity (Wildman–Crippen MR) is 148 cm³/mol. The number of carbonyl (C=O) groups is 2. The second-order valence-electron chi connectivity index (χ2n) is 11.0. The fourth-order valence-electron chi connectivity index (χ4n) is 4.82. The summed E-state index contributed by atoms with van der Waals surface area (Å²) in [6.45, 7) is 16.5. The van der Waals surface area contributed by atoms with Gasteiger partial charge in [0.1, 0.15) is 6.61 Å². The molecule has 0 aromatic heterocycles. The van der Waals surface area contributed by atoms with Crippen molar-refractivity contribution >= 4 is 29.3 Å². The Labute approximate surface area is 226 Å². The molecule has 6 nitrogen and oxygen atoms in total. The second kappa shape index (κ2) is 11.3. The summed E-state index contributed by atoms with van der Waals surface area (Å²) in [6.07, 6.45) is 0. The van der Waals surface area contributed by atoms with Gasteiger partial charge < -0.3 is 14.2 Å². The fraction of sp³-hybridized carbons (Fsp3) is 0.500. The van der Waals surface area contributed by atoms with Crippen LogP contribution in [0.1, 0.15) is 82.2 Å². The molecule has 0 N–H and O–H groups in total. The summed E-state index contributed by atoms with van der Waals surface area (Å²) in [4.78, 5) is 28.0. The highest BCUT2D eigenvalue weighted by atomic mass is 32.1. The van der Waals surface area contributed by atoms with Crippen molar-refractivity contribution in [1.82, 2.24) is 4.90 Å². The molecule has 2 aromatic rings. The second-order valence-corrected chi connectivity index (χ2v) is 11.4. The molecule has 2 atom stereocenters. The van der Waals surface area contributed by atoms with E-state index in [-0.39, 0.29) is 36.3 Å². The molecule has 1 saturated heterocycles. The van der Waals surface area contributed by atoms with Crippen LogP contribution in [0.15, 0.2) is 42.5 Å². The molecule has 7 heteroatoms. The zero-order valence-electron chi connectivity index (χ0n) is 23.2. The Morgan fingerprint density at radius 2 is 1.81 bits per heavy atom. The topological polar surface area (TPSA) is 65.1 Å². The lowest BCUT2D eigenvalue weighted by Gasteiger charge is -2.34. The van der Waals surface area contributed by atoms with Crippen LogP contribution >= 0.6 is 12.2 Å². The van der Waals surface area contributed by atoms with Crippen LogP contribution in [0.5, 0.6) is 0 Å². The lowest BCUT2D eigenvalue weighted by atomic mass is 9.76. The predicted octanol–water partition coefficient (Wildman–Crippen LogP) is 5.92. The molecule has 0 aliphatic carbocycles. The number of carbonyl (C=O) groups excluding carboxylic acids is 2. The zero-order valence-corrected chi connectivity index (χ0v) is 24.0. The van der Waals surface area contributed by atoms with Gasteiger partial charge in [0.25, 0.3) is 11.1 Å². The highest BCUT2D eigenvalue weighted by Gasteiger charge is 2.57. The Balaban J connectivity index is 2.04. The molecule has 1 fully saturated rings. The van der Waals surface area contributed by atoms with E-state index >= 15 is 0 Å². The van der Waals surface area contributed by atoms with E-state index in [1.165, 1.54) is 4.90 Å². The molecule has 200 valence electrons. The summed E-state index contributed by atoms with van der Waals surface area (Å²) in [5.41, 5.74) is 3.69. The molecule has 2 aromatic carbocycles. The van der Waals surface area contributed by atoms with Gasteiger partial charge >= 0.3 is 5.97 Å². The Morgan fingerprint density at radius 3 is 2.38 bits per heavy atom. The van der Waals surface area contributed by atoms with Crippen molar-refractivity contribution in [1.29, 1.82) is 0 Å². The number of ether oxygens (including phenoxy) is 3. The number of rotatable bonds is 8. The van der Waals surface area contributed by atoms with Crippen LogP contribution in [0, 0.1) is 6.92 Å². The van der Waals surface area contributed by atoms with Crippen LogP contribution in [-0.2, 0) is 41.4 Å². The number of esters is 1. The van der Waals surface area contributed by atoms with Crippen molar-refractivity contribution in [2.45, 2.75) is 85.0 Å². The van der Waals surface area contributed by atoms with Gasteiger partial charge in [-0.05, 0) is 66.6 Å². The Morgan fingerprint density at radius 1 is 1.16 bits per heavy atom. The fourth-order valence-corrected chi connectivity index (χ4v) is 5.20. The monoisotopic (exact) mass is 525 g/mol. The van der Waals surface area contributed by atoms with Gasteiger partial charge in [-0.3, -0.25) is 9.69 Å². The summed E-state index contributed by atoms with van der Waals surface area (Å²) >= 11 is 5.54. The summed E-state index contributed by atoms with van der Waals surface area (Å²) in [5, 5.41) is -0.0551. The molecule has 1 aliphatic rings. The smallest absolute Gasteiger partial charge is 0.333 e. The van der Waals surface area contributed by atoms with Crippen molar-refractivity contribution in [2.75, 3.05) is 13.2 Å². The first-order valence-electron chi connectivity index (χ1n) is 12.8. The normalized spacial score (nSPS) is 19.8.